The van der Waals surface area contributed by atoms with E-state index in [4.69, 9.17) is 14.2 Å². The number of para-hydroxylation sites is 1. The molecule has 0 saturated carbocycles. The van der Waals surface area contributed by atoms with Gasteiger partial charge in [-0.2, -0.15) is 0 Å². The number of nitrogens with one attached hydrogen (secondary N) is 1. The second-order valence-corrected chi connectivity index (χ2v) is 12.0. The van der Waals surface area contributed by atoms with Gasteiger partial charge in [-0.15, -0.1) is 0 Å². The Kier molecular flexibility index (Phi) is 10.3. The molecule has 46 heavy (non-hydrogen) atoms. The lowest BCUT2D eigenvalue weighted by Crippen LogP contribution is -2.41. The fraction of sp³-hybridized carbons (Fsp3) is 0.308. The largest absolute Gasteiger partial charge is 0.493 e. The highest BCUT2D eigenvalue weighted by Gasteiger charge is 2.24. The first-order valence-corrected chi connectivity index (χ1v) is 16.1. The number of morpholine rings is 1. The molecule has 1 N–H and O–H groups in total. The molecule has 6 rings (SSSR count). The molecule has 7 heteroatoms. The van der Waals surface area contributed by atoms with Crippen molar-refractivity contribution in [2.24, 2.45) is 0 Å². The standard InChI is InChI=1S/C39H43N3O4/c1-29-12-14-30(15-13-29)26-42-27-35(33-10-6-7-11-36(33)42)34(25-39(43)40-18-19-41-20-22-45-23-21-41)32-16-17-37(44-2)38(24-32)46-28-31-8-4-3-5-9-31/h3-17,24,27,34H,18-23,25-26,28H2,1-2H3,(H,40,43)/t34-/m1/s1. The third kappa shape index (κ3) is 7.79. The molecule has 2 heterocycles. The van der Waals surface area contributed by atoms with Crippen molar-refractivity contribution in [3.05, 3.63) is 131 Å². The van der Waals surface area contributed by atoms with Crippen LogP contribution in [-0.4, -0.2) is 61.9 Å². The van der Waals surface area contributed by atoms with Crippen molar-refractivity contribution < 1.29 is 19.0 Å². The monoisotopic (exact) mass is 617 g/mol. The number of fused-ring (bicyclic) bond motifs is 1. The number of hydrogen-bond donors (Lipinski definition) is 1. The summed E-state index contributed by atoms with van der Waals surface area (Å²) in [6.07, 6.45) is 2.54. The van der Waals surface area contributed by atoms with E-state index in [-0.39, 0.29) is 11.8 Å². The summed E-state index contributed by atoms with van der Waals surface area (Å²) in [6, 6.07) is 33.3. The lowest BCUT2D eigenvalue weighted by atomic mass is 9.87. The Balaban J connectivity index is 1.32. The minimum Gasteiger partial charge on any atom is -0.493 e. The number of methoxy groups -OCH3 is 1. The number of rotatable bonds is 13. The van der Waals surface area contributed by atoms with Crippen LogP contribution in [0, 0.1) is 6.92 Å². The Morgan fingerprint density at radius 3 is 2.43 bits per heavy atom. The van der Waals surface area contributed by atoms with Crippen molar-refractivity contribution in [1.82, 2.24) is 14.8 Å². The van der Waals surface area contributed by atoms with Gasteiger partial charge in [0, 0.05) is 62.2 Å². The van der Waals surface area contributed by atoms with Crippen molar-refractivity contribution in [1.29, 1.82) is 0 Å². The normalized spacial score (nSPS) is 14.2. The van der Waals surface area contributed by atoms with Gasteiger partial charge in [0.1, 0.15) is 6.61 Å². The molecule has 0 bridgehead atoms. The van der Waals surface area contributed by atoms with E-state index in [0.717, 1.165) is 67.0 Å². The Bertz CT molecular complexity index is 1730. The number of carbonyl (C=O) groups excluding carboxylic acids is 1. The molecule has 1 aliphatic rings. The molecule has 1 aliphatic heterocycles. The predicted octanol–water partition coefficient (Wildman–Crippen LogP) is 6.56. The Morgan fingerprint density at radius 1 is 0.891 bits per heavy atom. The van der Waals surface area contributed by atoms with Gasteiger partial charge in [0.05, 0.1) is 20.3 Å². The smallest absolute Gasteiger partial charge is 0.220 e. The number of hydrogen-bond acceptors (Lipinski definition) is 5. The minimum atomic E-state index is -0.197. The van der Waals surface area contributed by atoms with E-state index in [1.54, 1.807) is 7.11 Å². The highest BCUT2D eigenvalue weighted by molar-refractivity contribution is 5.87. The molecule has 1 atom stereocenters. The summed E-state index contributed by atoms with van der Waals surface area (Å²) in [7, 11) is 1.66. The molecule has 1 saturated heterocycles. The zero-order valence-corrected chi connectivity index (χ0v) is 26.8. The number of aromatic nitrogens is 1. The van der Waals surface area contributed by atoms with Gasteiger partial charge in [-0.3, -0.25) is 9.69 Å². The summed E-state index contributed by atoms with van der Waals surface area (Å²) in [4.78, 5) is 15.9. The number of benzene rings is 4. The van der Waals surface area contributed by atoms with Crippen molar-refractivity contribution >= 4 is 16.8 Å². The van der Waals surface area contributed by atoms with E-state index in [2.05, 4.69) is 82.5 Å². The molecule has 1 aromatic heterocycles. The van der Waals surface area contributed by atoms with Crippen LogP contribution in [-0.2, 0) is 22.7 Å². The first kappa shape index (κ1) is 31.4. The van der Waals surface area contributed by atoms with Crippen LogP contribution >= 0.6 is 0 Å². The second-order valence-electron chi connectivity index (χ2n) is 12.0. The van der Waals surface area contributed by atoms with Gasteiger partial charge in [0.15, 0.2) is 11.5 Å². The van der Waals surface area contributed by atoms with Gasteiger partial charge >= 0.3 is 0 Å². The highest BCUT2D eigenvalue weighted by atomic mass is 16.5. The molecule has 0 aliphatic carbocycles. The van der Waals surface area contributed by atoms with Crippen molar-refractivity contribution in [2.45, 2.75) is 32.4 Å². The molecular weight excluding hydrogens is 574 g/mol. The number of aryl methyl sites for hydroxylation is 1. The molecule has 0 spiro atoms. The van der Waals surface area contributed by atoms with Crippen LogP contribution in [0.5, 0.6) is 11.5 Å². The Labute approximate surface area is 271 Å². The molecular formula is C39H43N3O4. The number of nitrogens with zero attached hydrogens (tertiary/aromatic N) is 2. The maximum Gasteiger partial charge on any atom is 0.220 e. The summed E-state index contributed by atoms with van der Waals surface area (Å²) in [5, 5.41) is 4.34. The quantitative estimate of drug-likeness (QED) is 0.162. The van der Waals surface area contributed by atoms with Crippen molar-refractivity contribution in [3.63, 3.8) is 0 Å². The first-order chi connectivity index (χ1) is 22.6. The lowest BCUT2D eigenvalue weighted by Gasteiger charge is -2.26. The van der Waals surface area contributed by atoms with E-state index in [1.165, 1.54) is 11.1 Å². The highest BCUT2D eigenvalue weighted by Crippen LogP contribution is 2.39. The van der Waals surface area contributed by atoms with Gasteiger partial charge in [-0.1, -0.05) is 84.4 Å². The van der Waals surface area contributed by atoms with Gasteiger partial charge in [0.25, 0.3) is 0 Å². The van der Waals surface area contributed by atoms with Crippen LogP contribution in [0.3, 0.4) is 0 Å². The van der Waals surface area contributed by atoms with Crippen LogP contribution in [0.1, 0.15) is 40.2 Å². The molecule has 0 radical (unpaired) electrons. The molecule has 1 fully saturated rings. The van der Waals surface area contributed by atoms with Crippen molar-refractivity contribution in [3.8, 4) is 11.5 Å². The minimum absolute atomic E-state index is 0.0243. The van der Waals surface area contributed by atoms with Crippen LogP contribution < -0.4 is 14.8 Å². The van der Waals surface area contributed by atoms with E-state index in [1.807, 2.05) is 42.5 Å². The van der Waals surface area contributed by atoms with Crippen molar-refractivity contribution in [2.75, 3.05) is 46.5 Å². The van der Waals surface area contributed by atoms with Crippen LogP contribution in [0.15, 0.2) is 103 Å². The summed E-state index contributed by atoms with van der Waals surface area (Å²) < 4.78 is 19.8. The number of ether oxygens (including phenoxy) is 3. The zero-order chi connectivity index (χ0) is 31.7. The topological polar surface area (TPSA) is 65.0 Å². The van der Waals surface area contributed by atoms with Gasteiger partial charge < -0.3 is 24.1 Å². The molecule has 4 aromatic carbocycles. The van der Waals surface area contributed by atoms with E-state index >= 15 is 0 Å². The average molecular weight is 618 g/mol. The van der Waals surface area contributed by atoms with E-state index < -0.39 is 0 Å². The fourth-order valence-corrected chi connectivity index (χ4v) is 6.18. The fourth-order valence-electron chi connectivity index (χ4n) is 6.18. The van der Waals surface area contributed by atoms with Gasteiger partial charge in [-0.05, 0) is 47.4 Å². The molecule has 1 amide bonds. The predicted molar refractivity (Wildman–Crippen MR) is 183 cm³/mol. The SMILES string of the molecule is COc1ccc([C@@H](CC(=O)NCCN2CCOCC2)c2cn(Cc3ccc(C)cc3)c3ccccc23)cc1OCc1ccccc1. The second kappa shape index (κ2) is 15.1. The Hall–Kier alpha value is -4.59. The summed E-state index contributed by atoms with van der Waals surface area (Å²) in [5.41, 5.74) is 6.81. The maximum absolute atomic E-state index is 13.6. The molecule has 7 nitrogen and oxygen atoms in total. The van der Waals surface area contributed by atoms with Gasteiger partial charge in [0.2, 0.25) is 5.91 Å². The van der Waals surface area contributed by atoms with Gasteiger partial charge in [-0.25, -0.2) is 0 Å². The average Bonchev–Trinajstić information content (AvgIpc) is 3.46. The maximum atomic E-state index is 13.6. The Morgan fingerprint density at radius 2 is 1.65 bits per heavy atom. The van der Waals surface area contributed by atoms with Crippen LogP contribution in [0.4, 0.5) is 0 Å². The third-order valence-electron chi connectivity index (χ3n) is 8.74. The van der Waals surface area contributed by atoms with E-state index in [9.17, 15) is 4.79 Å². The molecule has 5 aromatic rings. The van der Waals surface area contributed by atoms with E-state index in [0.29, 0.717) is 31.1 Å². The van der Waals surface area contributed by atoms with Crippen LogP contribution in [0.25, 0.3) is 10.9 Å². The lowest BCUT2D eigenvalue weighted by molar-refractivity contribution is -0.121. The number of amides is 1. The summed E-state index contributed by atoms with van der Waals surface area (Å²) >= 11 is 0. The van der Waals surface area contributed by atoms with Crippen LogP contribution in [0.2, 0.25) is 0 Å². The summed E-state index contributed by atoms with van der Waals surface area (Å²) in [6.45, 7) is 7.98. The zero-order valence-electron chi connectivity index (χ0n) is 26.8. The third-order valence-corrected chi connectivity index (χ3v) is 8.74. The first-order valence-electron chi connectivity index (χ1n) is 16.1. The molecule has 238 valence electrons. The number of carbonyl (C=O) groups is 1. The molecule has 0 unspecified atom stereocenters. The summed E-state index contributed by atoms with van der Waals surface area (Å²) in [5.74, 6) is 1.15.